The molecule has 0 radical (unpaired) electrons. The number of esters is 1. The Bertz CT molecular complexity index is 1290. The van der Waals surface area contributed by atoms with Gasteiger partial charge >= 0.3 is 5.97 Å². The highest BCUT2D eigenvalue weighted by molar-refractivity contribution is 8.16. The second-order valence-electron chi connectivity index (χ2n) is 9.37. The van der Waals surface area contributed by atoms with E-state index in [4.69, 9.17) is 4.74 Å². The Morgan fingerprint density at radius 2 is 1.84 bits per heavy atom. The number of halogens is 1. The van der Waals surface area contributed by atoms with Crippen molar-refractivity contribution in [2.24, 2.45) is 4.99 Å². The number of allylic oxidation sites excluding steroid dienone is 1. The number of rotatable bonds is 6. The first-order valence-electron chi connectivity index (χ1n) is 12.3. The van der Waals surface area contributed by atoms with Gasteiger partial charge in [-0.05, 0) is 42.6 Å². The van der Waals surface area contributed by atoms with E-state index in [-0.39, 0.29) is 18.9 Å². The van der Waals surface area contributed by atoms with E-state index in [0.29, 0.717) is 35.1 Å². The van der Waals surface area contributed by atoms with E-state index in [1.54, 1.807) is 19.1 Å². The fourth-order valence-electron chi connectivity index (χ4n) is 4.75. The molecule has 3 aliphatic heterocycles. The van der Waals surface area contributed by atoms with Crippen molar-refractivity contribution in [1.29, 1.82) is 0 Å². The van der Waals surface area contributed by atoms with Crippen molar-refractivity contribution in [3.63, 3.8) is 0 Å². The van der Waals surface area contributed by atoms with Crippen molar-refractivity contribution < 1.29 is 18.7 Å². The smallest absolute Gasteiger partial charge is 0.338 e. The summed E-state index contributed by atoms with van der Waals surface area (Å²) >= 11 is 1.41. The van der Waals surface area contributed by atoms with Gasteiger partial charge in [-0.25, -0.2) is 14.2 Å². The zero-order chi connectivity index (χ0) is 25.9. The minimum absolute atomic E-state index is 0.0265. The number of likely N-dealkylation sites (N-methyl/N-ethyl adjacent to an activating group) is 1. The topological polar surface area (TPSA) is 65.5 Å². The fraction of sp³-hybridized carbons (Fsp3) is 0.321. The average molecular weight is 521 g/mol. The largest absolute Gasteiger partial charge is 0.457 e. The monoisotopic (exact) mass is 520 g/mol. The van der Waals surface area contributed by atoms with Crippen LogP contribution in [0.15, 0.2) is 82.0 Å². The first-order valence-corrected chi connectivity index (χ1v) is 13.2. The highest BCUT2D eigenvalue weighted by Crippen LogP contribution is 2.45. The van der Waals surface area contributed by atoms with Crippen molar-refractivity contribution in [3.05, 3.63) is 93.9 Å². The molecule has 7 nitrogen and oxygen atoms in total. The minimum Gasteiger partial charge on any atom is -0.457 e. The van der Waals surface area contributed by atoms with Gasteiger partial charge in [-0.15, -0.1) is 0 Å². The van der Waals surface area contributed by atoms with Crippen LogP contribution in [0.25, 0.3) is 0 Å². The van der Waals surface area contributed by atoms with Gasteiger partial charge in [-0.1, -0.05) is 54.2 Å². The molecule has 192 valence electrons. The third-order valence-electron chi connectivity index (χ3n) is 6.79. The number of hydrogen-bond donors (Lipinski definition) is 0. The summed E-state index contributed by atoms with van der Waals surface area (Å²) in [5.41, 5.74) is 3.06. The highest BCUT2D eigenvalue weighted by atomic mass is 32.2. The van der Waals surface area contributed by atoms with E-state index in [1.165, 1.54) is 23.9 Å². The molecule has 1 saturated heterocycles. The molecule has 3 aliphatic rings. The summed E-state index contributed by atoms with van der Waals surface area (Å²) in [4.78, 5) is 37.3. The van der Waals surface area contributed by atoms with Crippen molar-refractivity contribution in [1.82, 2.24) is 14.7 Å². The number of amidine groups is 1. The van der Waals surface area contributed by atoms with Gasteiger partial charge in [0.2, 0.25) is 5.91 Å². The molecule has 0 aliphatic carbocycles. The molecule has 9 heteroatoms. The van der Waals surface area contributed by atoms with Crippen molar-refractivity contribution in [2.75, 3.05) is 33.2 Å². The van der Waals surface area contributed by atoms with Gasteiger partial charge in [0.1, 0.15) is 12.4 Å². The molecule has 1 amide bonds. The molecule has 37 heavy (non-hydrogen) atoms. The van der Waals surface area contributed by atoms with Gasteiger partial charge in [0, 0.05) is 31.9 Å². The van der Waals surface area contributed by atoms with E-state index in [0.717, 1.165) is 24.4 Å². The molecule has 0 aromatic heterocycles. The number of carbonyl (C=O) groups is 2. The number of nitrogens with zero attached hydrogens (tertiary/aromatic N) is 4. The summed E-state index contributed by atoms with van der Waals surface area (Å²) in [7, 11) is 2.05. The van der Waals surface area contributed by atoms with E-state index in [2.05, 4.69) is 9.89 Å². The van der Waals surface area contributed by atoms with Crippen molar-refractivity contribution in [2.45, 2.75) is 26.0 Å². The summed E-state index contributed by atoms with van der Waals surface area (Å²) in [6, 6.07) is 15.0. The Kier molecular flexibility index (Phi) is 7.43. The van der Waals surface area contributed by atoms with Crippen LogP contribution < -0.4 is 0 Å². The summed E-state index contributed by atoms with van der Waals surface area (Å²) in [6.45, 7) is 4.91. The number of fused-ring (bicyclic) bond motifs is 1. The molecular weight excluding hydrogens is 491 g/mol. The predicted molar refractivity (Wildman–Crippen MR) is 142 cm³/mol. The molecule has 3 heterocycles. The van der Waals surface area contributed by atoms with Crippen LogP contribution >= 0.6 is 11.8 Å². The van der Waals surface area contributed by atoms with Crippen molar-refractivity contribution >= 4 is 28.8 Å². The average Bonchev–Trinajstić information content (AvgIpc) is 3.29. The van der Waals surface area contributed by atoms with E-state index in [1.807, 2.05) is 52.6 Å². The van der Waals surface area contributed by atoms with Crippen molar-refractivity contribution in [3.8, 4) is 0 Å². The quantitative estimate of drug-likeness (QED) is 0.529. The number of benzene rings is 2. The second kappa shape index (κ2) is 10.9. The lowest BCUT2D eigenvalue weighted by Gasteiger charge is -2.37. The molecule has 1 atom stereocenters. The molecule has 0 N–H and O–H groups in total. The molecule has 1 fully saturated rings. The normalized spacial score (nSPS) is 19.9. The van der Waals surface area contributed by atoms with Gasteiger partial charge in [-0.3, -0.25) is 4.79 Å². The Labute approximate surface area is 220 Å². The number of aliphatic imine (C=N–C) groups is 1. The van der Waals surface area contributed by atoms with E-state index < -0.39 is 17.8 Å². The van der Waals surface area contributed by atoms with Gasteiger partial charge in [0.15, 0.2) is 5.17 Å². The second-order valence-corrected chi connectivity index (χ2v) is 10.2. The maximum atomic E-state index is 14.4. The summed E-state index contributed by atoms with van der Waals surface area (Å²) in [5.74, 6) is -0.888. The molecule has 2 aromatic rings. The zero-order valence-corrected chi connectivity index (χ0v) is 21.7. The lowest BCUT2D eigenvalue weighted by molar-refractivity contribution is -0.141. The molecule has 0 bridgehead atoms. The van der Waals surface area contributed by atoms with Gasteiger partial charge in [-0.2, -0.15) is 0 Å². The molecule has 5 rings (SSSR count). The van der Waals surface area contributed by atoms with Crippen LogP contribution in [0.1, 0.15) is 30.5 Å². The third-order valence-corrected chi connectivity index (χ3v) is 7.67. The van der Waals surface area contributed by atoms with Crippen LogP contribution in [0, 0.1) is 5.82 Å². The number of ether oxygens (including phenoxy) is 1. The lowest BCUT2D eigenvalue weighted by Crippen LogP contribution is -2.47. The van der Waals surface area contributed by atoms with Crippen LogP contribution in [0.5, 0.6) is 0 Å². The first-order chi connectivity index (χ1) is 17.9. The van der Waals surface area contributed by atoms with Gasteiger partial charge < -0.3 is 19.4 Å². The summed E-state index contributed by atoms with van der Waals surface area (Å²) < 4.78 is 20.1. The van der Waals surface area contributed by atoms with Crippen LogP contribution in [-0.2, 0) is 20.9 Å². The van der Waals surface area contributed by atoms with Gasteiger partial charge in [0.05, 0.1) is 23.7 Å². The summed E-state index contributed by atoms with van der Waals surface area (Å²) in [5, 5.41) is 2.57. The number of carbonyl (C=O) groups excluding carboxylic acids is 2. The number of amides is 1. The Balaban J connectivity index is 1.44. The van der Waals surface area contributed by atoms with Crippen LogP contribution in [-0.4, -0.2) is 65.0 Å². The molecule has 0 spiro atoms. The Hall–Kier alpha value is -3.43. The van der Waals surface area contributed by atoms with E-state index >= 15 is 0 Å². The predicted octanol–water partition coefficient (Wildman–Crippen LogP) is 4.31. The molecule has 1 unspecified atom stereocenters. The van der Waals surface area contributed by atoms with Crippen LogP contribution in [0.2, 0.25) is 0 Å². The minimum atomic E-state index is -0.659. The number of thioether (sulfide) groups is 1. The van der Waals surface area contributed by atoms with Crippen LogP contribution in [0.3, 0.4) is 0 Å². The number of piperazine rings is 1. The summed E-state index contributed by atoms with van der Waals surface area (Å²) in [6.07, 6.45) is 0.174. The Morgan fingerprint density at radius 3 is 2.57 bits per heavy atom. The maximum Gasteiger partial charge on any atom is 0.338 e. The molecular formula is C28H29FN4O3S. The van der Waals surface area contributed by atoms with E-state index in [9.17, 15) is 14.0 Å². The third kappa shape index (κ3) is 5.47. The first kappa shape index (κ1) is 25.2. The molecule has 2 aromatic carbocycles. The molecule has 0 saturated carbocycles. The fourth-order valence-corrected chi connectivity index (χ4v) is 5.71. The standard InChI is InChI=1S/C28H29FN4O3S/c1-19-25(27(35)36-17-20-7-4-3-5-8-20)26(21-9-6-10-22(29)15-21)33-23(18-37-28(33)30-19)16-24(34)32-13-11-31(2)12-14-32/h3-10,15,18,26H,11-14,16-17H2,1-2H3. The number of hydrogen-bond acceptors (Lipinski definition) is 7. The maximum absolute atomic E-state index is 14.4. The SMILES string of the molecule is CC1=C(C(=O)OCc2ccccc2)C(c2cccc(F)c2)N2C(CC(=O)N3CCN(C)CC3)=CSC2=N1. The zero-order valence-electron chi connectivity index (χ0n) is 20.9. The highest BCUT2D eigenvalue weighted by Gasteiger charge is 2.41. The van der Waals surface area contributed by atoms with Crippen LogP contribution in [0.4, 0.5) is 4.39 Å². The lowest BCUT2D eigenvalue weighted by atomic mass is 9.93. The Morgan fingerprint density at radius 1 is 1.08 bits per heavy atom. The van der Waals surface area contributed by atoms with Gasteiger partial charge in [0.25, 0.3) is 0 Å².